The zero-order chi connectivity index (χ0) is 23.9. The molecule has 1 saturated carbocycles. The Balaban J connectivity index is 0.00000544. The van der Waals surface area contributed by atoms with Crippen molar-refractivity contribution in [2.24, 2.45) is 5.92 Å². The molecule has 1 fully saturated rings. The third-order valence-electron chi connectivity index (χ3n) is 6.28. The van der Waals surface area contributed by atoms with Crippen molar-refractivity contribution in [3.63, 3.8) is 0 Å². The number of halogens is 2. The number of ether oxygens (including phenoxy) is 2. The van der Waals surface area contributed by atoms with Crippen molar-refractivity contribution in [2.45, 2.75) is 65.0 Å². The van der Waals surface area contributed by atoms with Crippen LogP contribution in [0.5, 0.6) is 0 Å². The first kappa shape index (κ1) is 29.2. The van der Waals surface area contributed by atoms with Crippen LogP contribution in [0.2, 0.25) is 5.02 Å². The summed E-state index contributed by atoms with van der Waals surface area (Å²) in [4.78, 5) is 42.0. The Morgan fingerprint density at radius 1 is 1.12 bits per heavy atom. The maximum atomic E-state index is 13.1. The summed E-state index contributed by atoms with van der Waals surface area (Å²) >= 11 is 6.42. The standard InChI is InChI=1S/C24H35ClN2O5.ClH/c1-6-27(7-2)21(17(3)4)22(29)31-16-32-23(30)26(5)24(15-11-10-14-20(24)28)18-12-8-9-13-19(18)25;/h8-9,12-13,17,21H,6-7,10-11,14-16H2,1-5H3;1H/t21-,24-;/m0./s1. The third-order valence-corrected chi connectivity index (χ3v) is 6.61. The van der Waals surface area contributed by atoms with E-state index in [-0.39, 0.29) is 24.1 Å². The lowest BCUT2D eigenvalue weighted by atomic mass is 9.74. The number of carbonyl (C=O) groups excluding carboxylic acids is 3. The highest BCUT2D eigenvalue weighted by atomic mass is 35.5. The van der Waals surface area contributed by atoms with Crippen LogP contribution in [0.1, 0.15) is 58.9 Å². The van der Waals surface area contributed by atoms with Gasteiger partial charge in [0.05, 0.1) is 0 Å². The van der Waals surface area contributed by atoms with Crippen molar-refractivity contribution in [3.8, 4) is 0 Å². The van der Waals surface area contributed by atoms with E-state index in [2.05, 4.69) is 0 Å². The fraction of sp³-hybridized carbons (Fsp3) is 0.625. The van der Waals surface area contributed by atoms with Crippen LogP contribution in [0.25, 0.3) is 0 Å². The van der Waals surface area contributed by atoms with Crippen LogP contribution in [0.4, 0.5) is 4.79 Å². The van der Waals surface area contributed by atoms with Crippen LogP contribution >= 0.6 is 24.0 Å². The monoisotopic (exact) mass is 502 g/mol. The van der Waals surface area contributed by atoms with Crippen molar-refractivity contribution in [3.05, 3.63) is 34.9 Å². The minimum Gasteiger partial charge on any atom is -0.427 e. The smallest absolute Gasteiger partial charge is 0.413 e. The third kappa shape index (κ3) is 6.40. The highest BCUT2D eigenvalue weighted by Crippen LogP contribution is 2.42. The van der Waals surface area contributed by atoms with Crippen LogP contribution < -0.4 is 0 Å². The van der Waals surface area contributed by atoms with Gasteiger partial charge in [-0.05, 0) is 44.3 Å². The predicted octanol–water partition coefficient (Wildman–Crippen LogP) is 5.04. The van der Waals surface area contributed by atoms with Crippen molar-refractivity contribution < 1.29 is 23.9 Å². The van der Waals surface area contributed by atoms with Gasteiger partial charge >= 0.3 is 12.1 Å². The normalized spacial score (nSPS) is 19.1. The zero-order valence-electron chi connectivity index (χ0n) is 20.1. The zero-order valence-corrected chi connectivity index (χ0v) is 21.7. The van der Waals surface area contributed by atoms with E-state index in [0.717, 1.165) is 12.8 Å². The van der Waals surface area contributed by atoms with Crippen molar-refractivity contribution >= 4 is 41.9 Å². The van der Waals surface area contributed by atoms with Gasteiger partial charge in [0.15, 0.2) is 5.78 Å². The van der Waals surface area contributed by atoms with Gasteiger partial charge in [-0.1, -0.05) is 57.5 Å². The van der Waals surface area contributed by atoms with E-state index >= 15 is 0 Å². The summed E-state index contributed by atoms with van der Waals surface area (Å²) in [7, 11) is 1.53. The molecule has 0 unspecified atom stereocenters. The summed E-state index contributed by atoms with van der Waals surface area (Å²) in [6.07, 6.45) is 1.63. The Morgan fingerprint density at radius 3 is 2.30 bits per heavy atom. The molecule has 1 aromatic rings. The van der Waals surface area contributed by atoms with Crippen LogP contribution in [0.3, 0.4) is 0 Å². The molecule has 9 heteroatoms. The molecule has 1 aliphatic carbocycles. The lowest BCUT2D eigenvalue weighted by Crippen LogP contribution is -2.54. The molecule has 1 aliphatic rings. The van der Waals surface area contributed by atoms with Gasteiger partial charge in [-0.3, -0.25) is 19.4 Å². The average molecular weight is 503 g/mol. The summed E-state index contributed by atoms with van der Waals surface area (Å²) < 4.78 is 10.6. The van der Waals surface area contributed by atoms with Gasteiger partial charge in [0.1, 0.15) is 11.6 Å². The molecule has 33 heavy (non-hydrogen) atoms. The van der Waals surface area contributed by atoms with Gasteiger partial charge in [0.2, 0.25) is 6.79 Å². The second-order valence-corrected chi connectivity index (χ2v) is 8.84. The van der Waals surface area contributed by atoms with Crippen LogP contribution in [-0.4, -0.2) is 60.6 Å². The lowest BCUT2D eigenvalue weighted by molar-refractivity contribution is -0.161. The summed E-state index contributed by atoms with van der Waals surface area (Å²) in [6.45, 7) is 8.77. The first-order chi connectivity index (χ1) is 15.2. The predicted molar refractivity (Wildman–Crippen MR) is 131 cm³/mol. The molecule has 0 aliphatic heterocycles. The maximum absolute atomic E-state index is 13.1. The fourth-order valence-corrected chi connectivity index (χ4v) is 4.86. The Labute approximate surface area is 208 Å². The van der Waals surface area contributed by atoms with Crippen molar-refractivity contribution in [2.75, 3.05) is 26.9 Å². The van der Waals surface area contributed by atoms with E-state index < -0.39 is 30.4 Å². The molecule has 0 spiro atoms. The lowest BCUT2D eigenvalue weighted by Gasteiger charge is -2.43. The molecule has 0 N–H and O–H groups in total. The van der Waals surface area contributed by atoms with Crippen molar-refractivity contribution in [1.82, 2.24) is 9.80 Å². The van der Waals surface area contributed by atoms with Crippen LogP contribution in [0.15, 0.2) is 24.3 Å². The van der Waals surface area contributed by atoms with E-state index in [1.165, 1.54) is 11.9 Å². The van der Waals surface area contributed by atoms with Gasteiger partial charge in [0, 0.05) is 24.1 Å². The molecule has 2 rings (SSSR count). The number of benzene rings is 1. The molecular formula is C24H36Cl2N2O5. The van der Waals surface area contributed by atoms with E-state index in [4.69, 9.17) is 21.1 Å². The van der Waals surface area contributed by atoms with E-state index in [1.807, 2.05) is 32.6 Å². The first-order valence-electron chi connectivity index (χ1n) is 11.3. The molecule has 0 radical (unpaired) electrons. The molecule has 186 valence electrons. The second kappa shape index (κ2) is 13.2. The molecule has 0 aromatic heterocycles. The number of Topliss-reactive ketones (excluding diaryl/α,β-unsaturated/α-hetero) is 1. The number of carbonyl (C=O) groups is 3. The van der Waals surface area contributed by atoms with Gasteiger partial charge in [-0.2, -0.15) is 0 Å². The second-order valence-electron chi connectivity index (χ2n) is 8.43. The highest BCUT2D eigenvalue weighted by Gasteiger charge is 2.48. The molecule has 7 nitrogen and oxygen atoms in total. The number of nitrogens with zero attached hydrogens (tertiary/aromatic N) is 2. The molecule has 1 amide bonds. The first-order valence-corrected chi connectivity index (χ1v) is 11.7. The Morgan fingerprint density at radius 2 is 1.76 bits per heavy atom. The largest absolute Gasteiger partial charge is 0.427 e. The number of likely N-dealkylation sites (N-methyl/N-ethyl adjacent to an activating group) is 2. The summed E-state index contributed by atoms with van der Waals surface area (Å²) in [5.41, 5.74) is -0.608. The average Bonchev–Trinajstić information content (AvgIpc) is 2.77. The minimum absolute atomic E-state index is 0. The fourth-order valence-electron chi connectivity index (χ4n) is 4.57. The molecule has 0 saturated heterocycles. The molecular weight excluding hydrogens is 467 g/mol. The van der Waals surface area contributed by atoms with Gasteiger partial charge in [-0.25, -0.2) is 4.79 Å². The van der Waals surface area contributed by atoms with Gasteiger partial charge in [0.25, 0.3) is 0 Å². The SMILES string of the molecule is CCN(CC)[C@H](C(=O)OCOC(=O)N(C)[C@]1(c2ccccc2Cl)CCCCC1=O)C(C)C.Cl. The minimum atomic E-state index is -1.20. The molecule has 0 heterocycles. The maximum Gasteiger partial charge on any atom is 0.413 e. The van der Waals surface area contributed by atoms with Crippen LogP contribution in [0, 0.1) is 5.92 Å². The van der Waals surface area contributed by atoms with Crippen molar-refractivity contribution in [1.29, 1.82) is 0 Å². The molecule has 1 aromatic carbocycles. The van der Waals surface area contributed by atoms with E-state index in [9.17, 15) is 14.4 Å². The quantitative estimate of drug-likeness (QED) is 0.347. The Kier molecular flexibility index (Phi) is 11.6. The van der Waals surface area contributed by atoms with Gasteiger partial charge < -0.3 is 9.47 Å². The number of esters is 1. The summed E-state index contributed by atoms with van der Waals surface area (Å²) in [5, 5.41) is 0.424. The number of ketones is 1. The summed E-state index contributed by atoms with van der Waals surface area (Å²) in [6, 6.07) is 6.64. The van der Waals surface area contributed by atoms with Gasteiger partial charge in [-0.15, -0.1) is 12.4 Å². The Hall–Kier alpha value is -1.83. The molecule has 2 atom stereocenters. The van der Waals surface area contributed by atoms with Crippen LogP contribution in [-0.2, 0) is 24.6 Å². The van der Waals surface area contributed by atoms with E-state index in [0.29, 0.717) is 36.5 Å². The topological polar surface area (TPSA) is 76.2 Å². The van der Waals surface area contributed by atoms with E-state index in [1.54, 1.807) is 24.3 Å². The number of amides is 1. The highest BCUT2D eigenvalue weighted by molar-refractivity contribution is 6.31. The Bertz CT molecular complexity index is 816. The summed E-state index contributed by atoms with van der Waals surface area (Å²) in [5.74, 6) is -0.465. The number of hydrogen-bond acceptors (Lipinski definition) is 6. The number of rotatable bonds is 9. The number of hydrogen-bond donors (Lipinski definition) is 0. The molecule has 0 bridgehead atoms.